The molecule has 2 N–H and O–H groups in total. The van der Waals surface area contributed by atoms with Crippen molar-refractivity contribution < 1.29 is 17.9 Å². The number of hydrogen-bond donors (Lipinski definition) is 2. The fourth-order valence-electron chi connectivity index (χ4n) is 4.78. The van der Waals surface area contributed by atoms with Crippen LogP contribution in [0.15, 0.2) is 42.6 Å². The number of aldehydes is 1. The molecule has 0 saturated carbocycles. The summed E-state index contributed by atoms with van der Waals surface area (Å²) in [5.41, 5.74) is 2.42. The highest BCUT2D eigenvalue weighted by Gasteiger charge is 2.33. The third kappa shape index (κ3) is 5.18. The number of H-pyrrole nitrogens is 1. The smallest absolute Gasteiger partial charge is 0.229 e. The van der Waals surface area contributed by atoms with Gasteiger partial charge in [-0.2, -0.15) is 0 Å². The highest BCUT2D eigenvalue weighted by molar-refractivity contribution is 7.92. The first-order valence-electron chi connectivity index (χ1n) is 11.3. The number of nitrogens with one attached hydrogen (secondary N) is 2. The van der Waals surface area contributed by atoms with Crippen molar-refractivity contribution in [1.82, 2.24) is 9.97 Å². The molecule has 0 radical (unpaired) electrons. The Balaban J connectivity index is 1.55. The van der Waals surface area contributed by atoms with Crippen LogP contribution < -0.4 is 14.5 Å². The molecular formula is C24H31N5O4S. The van der Waals surface area contributed by atoms with E-state index in [1.54, 1.807) is 25.4 Å². The molecule has 0 aliphatic carbocycles. The van der Waals surface area contributed by atoms with Crippen molar-refractivity contribution >= 4 is 44.5 Å². The number of hydrogen-bond acceptors (Lipinski definition) is 7. The molecule has 1 aliphatic rings. The number of nitrogens with zero attached hydrogens (tertiary/aromatic N) is 3. The average molecular weight is 486 g/mol. The van der Waals surface area contributed by atoms with E-state index < -0.39 is 10.0 Å². The van der Waals surface area contributed by atoms with E-state index in [2.05, 4.69) is 31.4 Å². The number of rotatable bonds is 9. The maximum Gasteiger partial charge on any atom is 0.229 e. The van der Waals surface area contributed by atoms with E-state index in [0.29, 0.717) is 25.3 Å². The van der Waals surface area contributed by atoms with Crippen LogP contribution in [0.5, 0.6) is 0 Å². The predicted molar refractivity (Wildman–Crippen MR) is 135 cm³/mol. The monoisotopic (exact) mass is 485 g/mol. The van der Waals surface area contributed by atoms with Crippen LogP contribution in [-0.4, -0.2) is 63.2 Å². The zero-order chi connectivity index (χ0) is 24.3. The van der Waals surface area contributed by atoms with Gasteiger partial charge in [-0.3, -0.25) is 4.72 Å². The maximum atomic E-state index is 12.1. The van der Waals surface area contributed by atoms with Gasteiger partial charge in [-0.15, -0.1) is 0 Å². The highest BCUT2D eigenvalue weighted by atomic mass is 32.2. The Hall–Kier alpha value is -3.11. The number of anilines is 3. The second kappa shape index (κ2) is 10.0. The van der Waals surface area contributed by atoms with Gasteiger partial charge in [0.1, 0.15) is 17.9 Å². The zero-order valence-corrected chi connectivity index (χ0v) is 20.5. The Morgan fingerprint density at radius 1 is 1.32 bits per heavy atom. The number of aromatic amines is 1. The SMILES string of the molecule is CCN(c1ncccc1COC)C1CCN(c2cc3cc(NS(C)(=O)=O)ccc3[nH]2)C(C=O)C1. The van der Waals surface area contributed by atoms with Gasteiger partial charge in [0.15, 0.2) is 0 Å². The Morgan fingerprint density at radius 2 is 2.15 bits per heavy atom. The van der Waals surface area contributed by atoms with E-state index in [4.69, 9.17) is 4.74 Å². The van der Waals surface area contributed by atoms with Crippen molar-refractivity contribution in [2.45, 2.75) is 38.5 Å². The number of methoxy groups -OCH3 is 1. The lowest BCUT2D eigenvalue weighted by atomic mass is 9.96. The minimum absolute atomic E-state index is 0.178. The number of carbonyl (C=O) groups is 1. The molecule has 9 nitrogen and oxygen atoms in total. The van der Waals surface area contributed by atoms with Crippen molar-refractivity contribution in [2.24, 2.45) is 0 Å². The Morgan fingerprint density at radius 3 is 2.85 bits per heavy atom. The first-order chi connectivity index (χ1) is 16.3. The van der Waals surface area contributed by atoms with Crippen LogP contribution in [-0.2, 0) is 26.2 Å². The second-order valence-electron chi connectivity index (χ2n) is 8.61. The number of piperidine rings is 1. The minimum Gasteiger partial charge on any atom is -0.380 e. The van der Waals surface area contributed by atoms with Gasteiger partial charge in [-0.05, 0) is 50.1 Å². The largest absolute Gasteiger partial charge is 0.380 e. The number of fused-ring (bicyclic) bond motifs is 1. The topological polar surface area (TPSA) is 108 Å². The first-order valence-corrected chi connectivity index (χ1v) is 13.2. The summed E-state index contributed by atoms with van der Waals surface area (Å²) < 4.78 is 31.0. The Bertz CT molecular complexity index is 1260. The van der Waals surface area contributed by atoms with E-state index in [1.165, 1.54) is 0 Å². The number of sulfonamides is 1. The molecule has 34 heavy (non-hydrogen) atoms. The molecule has 0 bridgehead atoms. The third-order valence-electron chi connectivity index (χ3n) is 6.21. The van der Waals surface area contributed by atoms with Crippen molar-refractivity contribution in [1.29, 1.82) is 0 Å². The first kappa shape index (κ1) is 24.0. The summed E-state index contributed by atoms with van der Waals surface area (Å²) in [5, 5.41) is 0.878. The molecule has 3 aromatic rings. The van der Waals surface area contributed by atoms with Crippen molar-refractivity contribution in [3.63, 3.8) is 0 Å². The summed E-state index contributed by atoms with van der Waals surface area (Å²) in [4.78, 5) is 24.5. The van der Waals surface area contributed by atoms with E-state index in [-0.39, 0.29) is 12.1 Å². The number of ether oxygens (including phenoxy) is 1. The number of aromatic nitrogens is 2. The zero-order valence-electron chi connectivity index (χ0n) is 19.7. The van der Waals surface area contributed by atoms with Crippen LogP contribution in [0.1, 0.15) is 25.3 Å². The Kier molecular flexibility index (Phi) is 7.08. The van der Waals surface area contributed by atoms with Gasteiger partial charge in [-0.1, -0.05) is 6.07 Å². The van der Waals surface area contributed by atoms with Gasteiger partial charge in [0.05, 0.1) is 18.9 Å². The third-order valence-corrected chi connectivity index (χ3v) is 6.82. The molecule has 0 spiro atoms. The molecular weight excluding hydrogens is 454 g/mol. The standard InChI is InChI=1S/C24H31N5O4S/c1-4-28(24-17(16-33-2)6-5-10-25-24)20-9-11-29(21(14-20)15-30)23-13-18-12-19(27-34(3,31)32)7-8-22(18)26-23/h5-8,10,12-13,15,20-21,26-27H,4,9,11,14,16H2,1-3H3. The molecule has 2 aromatic heterocycles. The molecule has 1 aromatic carbocycles. The van der Waals surface area contributed by atoms with Gasteiger partial charge in [-0.25, -0.2) is 13.4 Å². The summed E-state index contributed by atoms with van der Waals surface area (Å²) in [7, 11) is -1.68. The molecule has 10 heteroatoms. The van der Waals surface area contributed by atoms with E-state index in [0.717, 1.165) is 53.6 Å². The number of pyridine rings is 1. The molecule has 3 heterocycles. The fourth-order valence-corrected chi connectivity index (χ4v) is 5.33. The van der Waals surface area contributed by atoms with Crippen molar-refractivity contribution in [3.05, 3.63) is 48.2 Å². The summed E-state index contributed by atoms with van der Waals surface area (Å²) in [6, 6.07) is 11.1. The highest BCUT2D eigenvalue weighted by Crippen LogP contribution is 2.32. The maximum absolute atomic E-state index is 12.1. The van der Waals surface area contributed by atoms with E-state index >= 15 is 0 Å². The van der Waals surface area contributed by atoms with Gasteiger partial charge < -0.3 is 24.3 Å². The number of benzene rings is 1. The molecule has 2 atom stereocenters. The van der Waals surface area contributed by atoms with E-state index in [1.807, 2.05) is 24.3 Å². The molecule has 1 aliphatic heterocycles. The molecule has 1 fully saturated rings. The van der Waals surface area contributed by atoms with Crippen LogP contribution in [0.2, 0.25) is 0 Å². The second-order valence-corrected chi connectivity index (χ2v) is 10.4. The molecule has 1 saturated heterocycles. The number of carbonyl (C=O) groups excluding carboxylic acids is 1. The van der Waals surface area contributed by atoms with Gasteiger partial charge in [0.2, 0.25) is 10.0 Å². The van der Waals surface area contributed by atoms with Gasteiger partial charge in [0, 0.05) is 54.6 Å². The summed E-state index contributed by atoms with van der Waals surface area (Å²) >= 11 is 0. The van der Waals surface area contributed by atoms with Crippen LogP contribution in [0.4, 0.5) is 17.3 Å². The lowest BCUT2D eigenvalue weighted by Crippen LogP contribution is -2.51. The van der Waals surface area contributed by atoms with Crippen molar-refractivity contribution in [3.8, 4) is 0 Å². The van der Waals surface area contributed by atoms with Gasteiger partial charge >= 0.3 is 0 Å². The van der Waals surface area contributed by atoms with Crippen LogP contribution in [0.3, 0.4) is 0 Å². The quantitative estimate of drug-likeness (QED) is 0.448. The summed E-state index contributed by atoms with van der Waals surface area (Å²) in [5.74, 6) is 1.76. The summed E-state index contributed by atoms with van der Waals surface area (Å²) in [6.07, 6.45) is 5.48. The van der Waals surface area contributed by atoms with Gasteiger partial charge in [0.25, 0.3) is 0 Å². The Labute approximate surface area is 200 Å². The van der Waals surface area contributed by atoms with E-state index in [9.17, 15) is 13.2 Å². The minimum atomic E-state index is -3.35. The lowest BCUT2D eigenvalue weighted by molar-refractivity contribution is -0.109. The lowest BCUT2D eigenvalue weighted by Gasteiger charge is -2.42. The van der Waals surface area contributed by atoms with Crippen LogP contribution in [0, 0.1) is 0 Å². The molecule has 4 rings (SSSR count). The van der Waals surface area contributed by atoms with Crippen molar-refractivity contribution in [2.75, 3.05) is 41.0 Å². The molecule has 182 valence electrons. The average Bonchev–Trinajstić information content (AvgIpc) is 3.23. The molecule has 0 amide bonds. The predicted octanol–water partition coefficient (Wildman–Crippen LogP) is 3.14. The summed E-state index contributed by atoms with van der Waals surface area (Å²) in [6.45, 7) is 4.08. The fraction of sp³-hybridized carbons (Fsp3) is 0.417. The van der Waals surface area contributed by atoms with Crippen LogP contribution in [0.25, 0.3) is 10.9 Å². The van der Waals surface area contributed by atoms with Crippen LogP contribution >= 0.6 is 0 Å². The molecule has 2 unspecified atom stereocenters. The normalized spacial score (nSPS) is 18.7.